The van der Waals surface area contributed by atoms with Crippen LogP contribution in [-0.2, 0) is 20.6 Å². The van der Waals surface area contributed by atoms with Gasteiger partial charge in [-0.05, 0) is 31.3 Å². The molecule has 1 saturated heterocycles. The van der Waals surface area contributed by atoms with Crippen LogP contribution in [-0.4, -0.2) is 39.1 Å². The fraction of sp³-hybridized carbons (Fsp3) is 1.00. The quantitative estimate of drug-likeness (QED) is 0.700. The maximum atomic E-state index is 11.8. The number of hydrogen-bond donors (Lipinski definition) is 0. The lowest BCUT2D eigenvalue weighted by Gasteiger charge is -2.30. The molecule has 3 nitrogen and oxygen atoms in total. The predicted octanol–water partition coefficient (Wildman–Crippen LogP) is 1.74. The van der Waals surface area contributed by atoms with Gasteiger partial charge in [0, 0.05) is 12.8 Å². The molecule has 3 atom stereocenters. The fourth-order valence-electron chi connectivity index (χ4n) is 2.47. The Morgan fingerprint density at radius 1 is 1.27 bits per heavy atom. The summed E-state index contributed by atoms with van der Waals surface area (Å²) in [4.78, 5) is 0. The third-order valence-electron chi connectivity index (χ3n) is 3.21. The maximum absolute atomic E-state index is 11.8. The normalized spacial score (nSPS) is 39.0. The van der Waals surface area contributed by atoms with Crippen LogP contribution in [0.1, 0.15) is 26.7 Å². The summed E-state index contributed by atoms with van der Waals surface area (Å²) in [5, 5.41) is 0. The van der Waals surface area contributed by atoms with E-state index in [0.717, 1.165) is 12.8 Å². The van der Waals surface area contributed by atoms with Crippen LogP contribution in [0.3, 0.4) is 0 Å². The van der Waals surface area contributed by atoms with E-state index in [1.165, 1.54) is 0 Å². The maximum Gasteiger partial charge on any atom is 0.175 e. The van der Waals surface area contributed by atoms with Gasteiger partial charge in [-0.25, -0.2) is 0 Å². The molecule has 1 aliphatic heterocycles. The number of thioether (sulfide) groups is 1. The molecule has 88 valence electrons. The van der Waals surface area contributed by atoms with Gasteiger partial charge in [-0.2, -0.15) is 0 Å². The SMILES string of the molecule is CSC1([S@+](C)[O-])C[C@H]2OC(C)(C)O[C@@H]2C1. The molecule has 2 fully saturated rings. The number of hydrogen-bond acceptors (Lipinski definition) is 4. The summed E-state index contributed by atoms with van der Waals surface area (Å²) in [5.74, 6) is -0.463. The van der Waals surface area contributed by atoms with E-state index in [-0.39, 0.29) is 16.3 Å². The highest BCUT2D eigenvalue weighted by Gasteiger charge is 2.58. The number of fused-ring (bicyclic) bond motifs is 1. The van der Waals surface area contributed by atoms with Crippen LogP contribution in [0.4, 0.5) is 0 Å². The molecule has 0 aromatic carbocycles. The van der Waals surface area contributed by atoms with Crippen LogP contribution in [0.25, 0.3) is 0 Å². The molecule has 0 N–H and O–H groups in total. The Bertz CT molecular complexity index is 239. The average molecular weight is 250 g/mol. The van der Waals surface area contributed by atoms with E-state index in [4.69, 9.17) is 9.47 Å². The Kier molecular flexibility index (Phi) is 3.06. The van der Waals surface area contributed by atoms with E-state index >= 15 is 0 Å². The number of rotatable bonds is 2. The topological polar surface area (TPSA) is 41.5 Å². The monoisotopic (exact) mass is 250 g/mol. The van der Waals surface area contributed by atoms with Crippen LogP contribution < -0.4 is 0 Å². The Hall–Kier alpha value is 0.580. The molecule has 0 aromatic heterocycles. The summed E-state index contributed by atoms with van der Waals surface area (Å²) in [7, 11) is 0. The standard InChI is InChI=1S/C10H18O3S2/c1-9(2)12-7-5-10(14-3,15(4)11)6-8(7)13-9/h7-8H,5-6H2,1-4H3/t7-,8-,15+/m1/s1. The van der Waals surface area contributed by atoms with Crippen molar-refractivity contribution in [2.24, 2.45) is 0 Å². The third kappa shape index (κ3) is 2.05. The molecule has 1 aliphatic carbocycles. The molecule has 0 radical (unpaired) electrons. The Morgan fingerprint density at radius 3 is 2.07 bits per heavy atom. The van der Waals surface area contributed by atoms with Crippen LogP contribution in [0.15, 0.2) is 0 Å². The van der Waals surface area contributed by atoms with Gasteiger partial charge in [-0.3, -0.25) is 0 Å². The molecule has 0 aromatic rings. The molecular weight excluding hydrogens is 232 g/mol. The van der Waals surface area contributed by atoms with Gasteiger partial charge in [-0.1, -0.05) is 0 Å². The second-order valence-electron chi connectivity index (χ2n) is 4.69. The van der Waals surface area contributed by atoms with Crippen LogP contribution in [0.2, 0.25) is 0 Å². The summed E-state index contributed by atoms with van der Waals surface area (Å²) in [5.41, 5.74) is 0. The van der Waals surface area contributed by atoms with Gasteiger partial charge < -0.3 is 14.0 Å². The van der Waals surface area contributed by atoms with E-state index < -0.39 is 17.0 Å². The van der Waals surface area contributed by atoms with E-state index in [2.05, 4.69) is 0 Å². The zero-order valence-electron chi connectivity index (χ0n) is 9.61. The highest BCUT2D eigenvalue weighted by atomic mass is 32.3. The first-order valence-corrected chi connectivity index (χ1v) is 7.91. The summed E-state index contributed by atoms with van der Waals surface area (Å²) < 4.78 is 23.2. The number of ether oxygens (including phenoxy) is 2. The minimum absolute atomic E-state index is 0.122. The van der Waals surface area contributed by atoms with Crippen molar-refractivity contribution in [2.75, 3.05) is 12.5 Å². The van der Waals surface area contributed by atoms with E-state index in [1.807, 2.05) is 20.1 Å². The molecule has 1 saturated carbocycles. The van der Waals surface area contributed by atoms with E-state index in [1.54, 1.807) is 18.0 Å². The van der Waals surface area contributed by atoms with Crippen molar-refractivity contribution < 1.29 is 14.0 Å². The molecule has 2 rings (SSSR count). The third-order valence-corrected chi connectivity index (χ3v) is 6.87. The molecule has 0 bridgehead atoms. The van der Waals surface area contributed by atoms with Gasteiger partial charge in [0.05, 0.1) is 18.5 Å². The smallest absolute Gasteiger partial charge is 0.175 e. The highest BCUT2D eigenvalue weighted by molar-refractivity contribution is 8.14. The summed E-state index contributed by atoms with van der Waals surface area (Å²) in [6, 6.07) is 0. The molecule has 15 heavy (non-hydrogen) atoms. The van der Waals surface area contributed by atoms with Gasteiger partial charge in [0.2, 0.25) is 0 Å². The zero-order valence-corrected chi connectivity index (χ0v) is 11.2. The van der Waals surface area contributed by atoms with Crippen molar-refractivity contribution in [3.05, 3.63) is 0 Å². The van der Waals surface area contributed by atoms with E-state index in [9.17, 15) is 4.55 Å². The first-order valence-electron chi connectivity index (χ1n) is 5.13. The minimum Gasteiger partial charge on any atom is -0.615 e. The van der Waals surface area contributed by atoms with Crippen molar-refractivity contribution >= 4 is 22.9 Å². The van der Waals surface area contributed by atoms with Crippen molar-refractivity contribution in [2.45, 2.75) is 48.8 Å². The highest BCUT2D eigenvalue weighted by Crippen LogP contribution is 2.50. The molecule has 0 spiro atoms. The minimum atomic E-state index is -0.830. The molecular formula is C10H18O3S2. The lowest BCUT2D eigenvalue weighted by molar-refractivity contribution is -0.151. The van der Waals surface area contributed by atoms with E-state index in [0.29, 0.717) is 0 Å². The van der Waals surface area contributed by atoms with Crippen molar-refractivity contribution in [1.82, 2.24) is 0 Å². The van der Waals surface area contributed by atoms with Gasteiger partial charge in [0.15, 0.2) is 9.87 Å². The van der Waals surface area contributed by atoms with Gasteiger partial charge in [0.1, 0.15) is 0 Å². The second-order valence-corrected chi connectivity index (χ2v) is 7.83. The van der Waals surface area contributed by atoms with Gasteiger partial charge in [0.25, 0.3) is 0 Å². The Morgan fingerprint density at radius 2 is 1.73 bits per heavy atom. The molecule has 0 unspecified atom stereocenters. The first kappa shape index (κ1) is 12.0. The van der Waals surface area contributed by atoms with Crippen LogP contribution in [0.5, 0.6) is 0 Å². The van der Waals surface area contributed by atoms with Crippen LogP contribution in [0, 0.1) is 0 Å². The lowest BCUT2D eigenvalue weighted by Crippen LogP contribution is -2.35. The summed E-state index contributed by atoms with van der Waals surface area (Å²) in [6.07, 6.45) is 5.72. The molecule has 1 heterocycles. The lowest BCUT2D eigenvalue weighted by atomic mass is 10.3. The van der Waals surface area contributed by atoms with Crippen molar-refractivity contribution in [3.63, 3.8) is 0 Å². The van der Waals surface area contributed by atoms with Crippen LogP contribution >= 0.6 is 11.8 Å². The summed E-state index contributed by atoms with van der Waals surface area (Å²) >= 11 is 0.854. The second kappa shape index (κ2) is 3.81. The Labute approximate surface area is 98.5 Å². The molecule has 0 amide bonds. The Balaban J connectivity index is 2.10. The zero-order chi connectivity index (χ0) is 11.3. The van der Waals surface area contributed by atoms with Crippen molar-refractivity contribution in [1.29, 1.82) is 0 Å². The molecule has 2 aliphatic rings. The summed E-state index contributed by atoms with van der Waals surface area (Å²) in [6.45, 7) is 3.88. The predicted molar refractivity (Wildman–Crippen MR) is 63.4 cm³/mol. The van der Waals surface area contributed by atoms with Crippen molar-refractivity contribution in [3.8, 4) is 0 Å². The fourth-order valence-corrected chi connectivity index (χ4v) is 4.87. The average Bonchev–Trinajstić information content (AvgIpc) is 2.55. The largest absolute Gasteiger partial charge is 0.615 e. The first-order chi connectivity index (χ1) is 6.88. The van der Waals surface area contributed by atoms with Gasteiger partial charge in [-0.15, -0.1) is 11.8 Å². The van der Waals surface area contributed by atoms with Gasteiger partial charge >= 0.3 is 0 Å². The molecule has 5 heteroatoms.